The van der Waals surface area contributed by atoms with Crippen LogP contribution in [0.5, 0.6) is 0 Å². The molecule has 2 N–H and O–H groups in total. The van der Waals surface area contributed by atoms with Gasteiger partial charge in [0.15, 0.2) is 6.61 Å². The van der Waals surface area contributed by atoms with Crippen LogP contribution >= 0.6 is 0 Å². The van der Waals surface area contributed by atoms with E-state index in [4.69, 9.17) is 9.15 Å². The molecule has 3 aromatic carbocycles. The molecule has 0 saturated heterocycles. The molecular weight excluding hydrogens is 396 g/mol. The summed E-state index contributed by atoms with van der Waals surface area (Å²) < 4.78 is 10.6. The molecule has 0 fully saturated rings. The molecule has 0 unspecified atom stereocenters. The van der Waals surface area contributed by atoms with E-state index in [-0.39, 0.29) is 13.0 Å². The quantitative estimate of drug-likeness (QED) is 0.467. The SMILES string of the molecule is O=C(COC(=O)Cc1coc2ccc3ccccc3c12)NC(=O)NCc1ccccc1. The van der Waals surface area contributed by atoms with Gasteiger partial charge in [-0.25, -0.2) is 4.79 Å². The van der Waals surface area contributed by atoms with Crippen molar-refractivity contribution in [1.82, 2.24) is 10.6 Å². The average Bonchev–Trinajstić information content (AvgIpc) is 3.20. The lowest BCUT2D eigenvalue weighted by atomic mass is 10.0. The minimum absolute atomic E-state index is 0.0471. The Bertz CT molecular complexity index is 1250. The first-order valence-electron chi connectivity index (χ1n) is 9.75. The van der Waals surface area contributed by atoms with Crippen LogP contribution in [-0.4, -0.2) is 24.5 Å². The molecule has 31 heavy (non-hydrogen) atoms. The first-order chi connectivity index (χ1) is 15.1. The summed E-state index contributed by atoms with van der Waals surface area (Å²) in [6.07, 6.45) is 1.48. The van der Waals surface area contributed by atoms with Crippen LogP contribution in [0.15, 0.2) is 77.4 Å². The minimum Gasteiger partial charge on any atom is -0.464 e. The molecule has 0 aliphatic carbocycles. The molecule has 3 amide bonds. The third-order valence-electron chi connectivity index (χ3n) is 4.79. The second kappa shape index (κ2) is 9.13. The van der Waals surface area contributed by atoms with Gasteiger partial charge in [0.05, 0.1) is 12.7 Å². The number of hydrogen-bond donors (Lipinski definition) is 2. The van der Waals surface area contributed by atoms with Crippen LogP contribution < -0.4 is 10.6 Å². The molecule has 0 atom stereocenters. The van der Waals surface area contributed by atoms with Gasteiger partial charge in [-0.1, -0.05) is 60.7 Å². The lowest BCUT2D eigenvalue weighted by molar-refractivity contribution is -0.147. The summed E-state index contributed by atoms with van der Waals surface area (Å²) in [4.78, 5) is 35.9. The maximum atomic E-state index is 12.2. The number of benzene rings is 3. The first-order valence-corrected chi connectivity index (χ1v) is 9.75. The fraction of sp³-hybridized carbons (Fsp3) is 0.125. The lowest BCUT2D eigenvalue weighted by Crippen LogP contribution is -2.41. The van der Waals surface area contributed by atoms with Crippen molar-refractivity contribution in [1.29, 1.82) is 0 Å². The summed E-state index contributed by atoms with van der Waals surface area (Å²) >= 11 is 0. The van der Waals surface area contributed by atoms with Crippen molar-refractivity contribution in [3.63, 3.8) is 0 Å². The van der Waals surface area contributed by atoms with Gasteiger partial charge in [-0.3, -0.25) is 14.9 Å². The zero-order valence-electron chi connectivity index (χ0n) is 16.6. The maximum Gasteiger partial charge on any atom is 0.321 e. The Morgan fingerprint density at radius 1 is 0.903 bits per heavy atom. The number of carbonyl (C=O) groups is 3. The molecular formula is C24H20N2O5. The number of rotatable bonds is 6. The van der Waals surface area contributed by atoms with Gasteiger partial charge in [0.1, 0.15) is 5.58 Å². The molecule has 0 radical (unpaired) electrons. The fourth-order valence-electron chi connectivity index (χ4n) is 3.34. The molecule has 4 aromatic rings. The lowest BCUT2D eigenvalue weighted by Gasteiger charge is -2.07. The minimum atomic E-state index is -0.707. The third kappa shape index (κ3) is 4.90. The van der Waals surface area contributed by atoms with Crippen molar-refractivity contribution in [2.45, 2.75) is 13.0 Å². The van der Waals surface area contributed by atoms with Gasteiger partial charge in [-0.15, -0.1) is 0 Å². The predicted octanol–water partition coefficient (Wildman–Crippen LogP) is 3.70. The summed E-state index contributed by atoms with van der Waals surface area (Å²) in [5, 5.41) is 7.56. The van der Waals surface area contributed by atoms with E-state index in [2.05, 4.69) is 10.6 Å². The van der Waals surface area contributed by atoms with Crippen molar-refractivity contribution < 1.29 is 23.5 Å². The summed E-state index contributed by atoms with van der Waals surface area (Å²) in [6.45, 7) is -0.268. The number of furan rings is 1. The van der Waals surface area contributed by atoms with E-state index < -0.39 is 24.5 Å². The Balaban J connectivity index is 1.30. The Labute approximate surface area is 178 Å². The van der Waals surface area contributed by atoms with Crippen LogP contribution in [0.25, 0.3) is 21.7 Å². The van der Waals surface area contributed by atoms with E-state index in [1.807, 2.05) is 66.7 Å². The Hall–Kier alpha value is -4.13. The highest BCUT2D eigenvalue weighted by Crippen LogP contribution is 2.30. The van der Waals surface area contributed by atoms with Gasteiger partial charge >= 0.3 is 12.0 Å². The van der Waals surface area contributed by atoms with E-state index in [1.54, 1.807) is 0 Å². The maximum absolute atomic E-state index is 12.2. The number of esters is 1. The molecule has 0 saturated carbocycles. The highest BCUT2D eigenvalue weighted by Gasteiger charge is 2.16. The number of hydrogen-bond acceptors (Lipinski definition) is 5. The normalized spacial score (nSPS) is 10.7. The molecule has 1 aromatic heterocycles. The van der Waals surface area contributed by atoms with Crippen LogP contribution in [-0.2, 0) is 27.3 Å². The molecule has 7 nitrogen and oxygen atoms in total. The van der Waals surface area contributed by atoms with Crippen LogP contribution in [0.2, 0.25) is 0 Å². The number of imide groups is 1. The zero-order valence-corrected chi connectivity index (χ0v) is 16.6. The van der Waals surface area contributed by atoms with Gasteiger partial charge in [0.2, 0.25) is 0 Å². The summed E-state index contributed by atoms with van der Waals surface area (Å²) in [5.41, 5.74) is 2.25. The number of amides is 3. The molecule has 0 spiro atoms. The number of urea groups is 1. The van der Waals surface area contributed by atoms with E-state index in [0.29, 0.717) is 11.1 Å². The number of nitrogens with one attached hydrogen (secondary N) is 2. The third-order valence-corrected chi connectivity index (χ3v) is 4.79. The van der Waals surface area contributed by atoms with E-state index in [1.165, 1.54) is 6.26 Å². The van der Waals surface area contributed by atoms with Crippen LogP contribution in [0.4, 0.5) is 4.79 Å². The Kier molecular flexibility index (Phi) is 5.93. The second-order valence-electron chi connectivity index (χ2n) is 6.97. The number of carbonyl (C=O) groups excluding carboxylic acids is 3. The first kappa shape index (κ1) is 20.2. The van der Waals surface area contributed by atoms with Gasteiger partial charge in [0.25, 0.3) is 5.91 Å². The van der Waals surface area contributed by atoms with Crippen molar-refractivity contribution >= 4 is 39.6 Å². The molecule has 7 heteroatoms. The monoisotopic (exact) mass is 416 g/mol. The molecule has 0 aliphatic rings. The topological polar surface area (TPSA) is 97.6 Å². The number of ether oxygens (including phenoxy) is 1. The Morgan fingerprint density at radius 2 is 1.68 bits per heavy atom. The standard InChI is InChI=1S/C24H20N2O5/c27-21(26-24(29)25-13-16-6-2-1-3-7-16)15-31-22(28)12-18-14-30-20-11-10-17-8-4-5-9-19(17)23(18)20/h1-11,14H,12-13,15H2,(H2,25,26,27,29). The summed E-state index contributed by atoms with van der Waals surface area (Å²) in [6, 6.07) is 20.2. The fourth-order valence-corrected chi connectivity index (χ4v) is 3.34. The van der Waals surface area contributed by atoms with Gasteiger partial charge in [-0.2, -0.15) is 0 Å². The predicted molar refractivity (Wildman–Crippen MR) is 115 cm³/mol. The van der Waals surface area contributed by atoms with Crippen molar-refractivity contribution in [3.05, 3.63) is 84.1 Å². The molecule has 0 bridgehead atoms. The van der Waals surface area contributed by atoms with Crippen LogP contribution in [0.1, 0.15) is 11.1 Å². The van der Waals surface area contributed by atoms with E-state index in [0.717, 1.165) is 21.7 Å². The molecule has 156 valence electrons. The van der Waals surface area contributed by atoms with Crippen LogP contribution in [0.3, 0.4) is 0 Å². The molecule has 0 aliphatic heterocycles. The van der Waals surface area contributed by atoms with Crippen molar-refractivity contribution in [2.24, 2.45) is 0 Å². The van der Waals surface area contributed by atoms with Crippen molar-refractivity contribution in [2.75, 3.05) is 6.61 Å². The van der Waals surface area contributed by atoms with Gasteiger partial charge in [-0.05, 0) is 22.4 Å². The zero-order chi connectivity index (χ0) is 21.6. The highest BCUT2D eigenvalue weighted by molar-refractivity contribution is 6.08. The smallest absolute Gasteiger partial charge is 0.321 e. The largest absolute Gasteiger partial charge is 0.464 e. The average molecular weight is 416 g/mol. The van der Waals surface area contributed by atoms with E-state index in [9.17, 15) is 14.4 Å². The van der Waals surface area contributed by atoms with Gasteiger partial charge < -0.3 is 14.5 Å². The summed E-state index contributed by atoms with van der Waals surface area (Å²) in [5.74, 6) is -1.29. The Morgan fingerprint density at radius 3 is 2.52 bits per heavy atom. The van der Waals surface area contributed by atoms with E-state index >= 15 is 0 Å². The second-order valence-corrected chi connectivity index (χ2v) is 6.97. The molecule has 4 rings (SSSR count). The summed E-state index contributed by atoms with van der Waals surface area (Å²) in [7, 11) is 0. The van der Waals surface area contributed by atoms with Crippen molar-refractivity contribution in [3.8, 4) is 0 Å². The highest BCUT2D eigenvalue weighted by atomic mass is 16.5. The number of fused-ring (bicyclic) bond motifs is 3. The van der Waals surface area contributed by atoms with Crippen LogP contribution in [0, 0.1) is 0 Å². The van der Waals surface area contributed by atoms with Gasteiger partial charge in [0, 0.05) is 17.5 Å². The molecule has 1 heterocycles.